The molecule has 0 saturated carbocycles. The van der Waals surface area contributed by atoms with Gasteiger partial charge in [0, 0.05) is 16.5 Å². The van der Waals surface area contributed by atoms with Crippen LogP contribution in [-0.2, 0) is 4.79 Å². The van der Waals surface area contributed by atoms with Crippen LogP contribution in [0.15, 0.2) is 27.3 Å². The fourth-order valence-electron chi connectivity index (χ4n) is 2.23. The van der Waals surface area contributed by atoms with Crippen LogP contribution < -0.4 is 0 Å². The van der Waals surface area contributed by atoms with Crippen LogP contribution >= 0.6 is 11.8 Å². The first-order chi connectivity index (χ1) is 9.63. The first-order valence-corrected chi connectivity index (χ1v) is 8.48. The molecule has 1 rings (SSSR count). The number of nitrogens with zero attached hydrogens (tertiary/aromatic N) is 1. The van der Waals surface area contributed by atoms with Crippen molar-refractivity contribution >= 4 is 17.7 Å². The van der Waals surface area contributed by atoms with Crippen LogP contribution in [0.3, 0.4) is 0 Å². The molecule has 0 radical (unpaired) electrons. The summed E-state index contributed by atoms with van der Waals surface area (Å²) in [6.07, 6.45) is 10.4. The number of carbonyl (C=O) groups excluding carboxylic acids is 1. The highest BCUT2D eigenvalue weighted by Crippen LogP contribution is 2.31. The van der Waals surface area contributed by atoms with Gasteiger partial charge in [0.05, 0.1) is 0 Å². The first-order valence-electron chi connectivity index (χ1n) is 7.49. The van der Waals surface area contributed by atoms with E-state index in [4.69, 9.17) is 0 Å². The first kappa shape index (κ1) is 17.2. The second-order valence-electron chi connectivity index (χ2n) is 5.49. The Kier molecular flexibility index (Phi) is 8.51. The normalized spacial score (nSPS) is 15.2. The zero-order valence-electron chi connectivity index (χ0n) is 12.6. The van der Waals surface area contributed by atoms with Gasteiger partial charge in [-0.15, -0.1) is 16.7 Å². The lowest BCUT2D eigenvalue weighted by molar-refractivity contribution is -0.118. The zero-order chi connectivity index (χ0) is 14.8. The quantitative estimate of drug-likeness (QED) is 0.424. The molecule has 0 N–H and O–H groups in total. The molecule has 0 aliphatic heterocycles. The van der Waals surface area contributed by atoms with Gasteiger partial charge in [-0.25, -0.2) is 0 Å². The molecule has 1 amide bonds. The number of allylic oxidation sites excluding steroid dienone is 3. The van der Waals surface area contributed by atoms with Crippen LogP contribution in [0.2, 0.25) is 0 Å². The molecule has 0 aromatic rings. The molecule has 0 fully saturated rings. The molecule has 0 aromatic carbocycles. The van der Waals surface area contributed by atoms with E-state index >= 15 is 0 Å². The zero-order valence-corrected chi connectivity index (χ0v) is 13.4. The van der Waals surface area contributed by atoms with Gasteiger partial charge in [0.15, 0.2) is 0 Å². The van der Waals surface area contributed by atoms with Crippen LogP contribution in [0.25, 0.3) is 0 Å². The van der Waals surface area contributed by atoms with E-state index in [1.807, 2.05) is 11.8 Å². The number of hydrogen-bond acceptors (Lipinski definition) is 3. The topological polar surface area (TPSA) is 46.5 Å². The van der Waals surface area contributed by atoms with E-state index in [1.54, 1.807) is 0 Å². The van der Waals surface area contributed by atoms with Gasteiger partial charge in [0.25, 0.3) is 5.91 Å². The van der Waals surface area contributed by atoms with Crippen molar-refractivity contribution in [3.63, 3.8) is 0 Å². The van der Waals surface area contributed by atoms with E-state index < -0.39 is 5.91 Å². The van der Waals surface area contributed by atoms with Crippen LogP contribution in [0.4, 0.5) is 0 Å². The molecular formula is C16H25NO2S. The average Bonchev–Trinajstić information content (AvgIpc) is 2.44. The second kappa shape index (κ2) is 9.92. The molecule has 0 bridgehead atoms. The summed E-state index contributed by atoms with van der Waals surface area (Å²) in [4.78, 5) is 22.1. The Bertz CT molecular complexity index is 399. The SMILES string of the molecule is CC1=CC(SCCCCCCCC(=O)N=O)=C(C)CC1. The molecule has 0 unspecified atom stereocenters. The van der Waals surface area contributed by atoms with Gasteiger partial charge in [-0.3, -0.25) is 4.79 Å². The Morgan fingerprint density at radius 2 is 1.85 bits per heavy atom. The minimum atomic E-state index is -0.512. The van der Waals surface area contributed by atoms with Crippen LogP contribution in [-0.4, -0.2) is 11.7 Å². The van der Waals surface area contributed by atoms with Gasteiger partial charge in [-0.05, 0) is 51.4 Å². The smallest absolute Gasteiger partial charge is 0.269 e. The third-order valence-corrected chi connectivity index (χ3v) is 4.86. The minimum absolute atomic E-state index is 0.314. The van der Waals surface area contributed by atoms with Crippen molar-refractivity contribution in [3.8, 4) is 0 Å². The second-order valence-corrected chi connectivity index (χ2v) is 6.62. The number of nitroso groups, excluding NO2 is 1. The van der Waals surface area contributed by atoms with E-state index in [2.05, 4.69) is 25.1 Å². The molecule has 20 heavy (non-hydrogen) atoms. The van der Waals surface area contributed by atoms with Gasteiger partial charge in [-0.2, -0.15) is 0 Å². The maximum absolute atomic E-state index is 10.7. The van der Waals surface area contributed by atoms with E-state index in [1.165, 1.54) is 47.5 Å². The molecule has 3 nitrogen and oxygen atoms in total. The average molecular weight is 295 g/mol. The summed E-state index contributed by atoms with van der Waals surface area (Å²) in [5.74, 6) is 0.660. The minimum Gasteiger partial charge on any atom is -0.269 e. The summed E-state index contributed by atoms with van der Waals surface area (Å²) >= 11 is 1.97. The standard InChI is InChI=1S/C16H25NO2S/c1-13-9-10-14(2)15(12-13)20-11-7-5-3-4-6-8-16(18)17-19/h12H,3-11H2,1-2H3. The Hall–Kier alpha value is -0.900. The molecule has 1 aliphatic rings. The summed E-state index contributed by atoms with van der Waals surface area (Å²) in [7, 11) is 0. The summed E-state index contributed by atoms with van der Waals surface area (Å²) in [6.45, 7) is 4.45. The highest BCUT2D eigenvalue weighted by atomic mass is 32.2. The van der Waals surface area contributed by atoms with E-state index in [0.717, 1.165) is 19.3 Å². The summed E-state index contributed by atoms with van der Waals surface area (Å²) in [6, 6.07) is 0. The van der Waals surface area contributed by atoms with E-state index in [0.29, 0.717) is 6.42 Å². The predicted octanol–water partition coefficient (Wildman–Crippen LogP) is 5.37. The number of rotatable bonds is 9. The number of carbonyl (C=O) groups is 1. The molecule has 0 spiro atoms. The van der Waals surface area contributed by atoms with E-state index in [9.17, 15) is 9.70 Å². The van der Waals surface area contributed by atoms with Crippen LogP contribution in [0.1, 0.15) is 65.2 Å². The lowest BCUT2D eigenvalue weighted by Gasteiger charge is -2.15. The van der Waals surface area contributed by atoms with Gasteiger partial charge in [0.1, 0.15) is 0 Å². The molecule has 4 heteroatoms. The molecule has 112 valence electrons. The fraction of sp³-hybridized carbons (Fsp3) is 0.688. The third-order valence-electron chi connectivity index (χ3n) is 3.59. The lowest BCUT2D eigenvalue weighted by atomic mass is 10.0. The van der Waals surface area contributed by atoms with Crippen molar-refractivity contribution in [2.75, 3.05) is 5.75 Å². The van der Waals surface area contributed by atoms with Gasteiger partial charge in [-0.1, -0.05) is 30.4 Å². The maximum Gasteiger partial charge on any atom is 0.286 e. The molecule has 0 aromatic heterocycles. The number of unbranched alkanes of at least 4 members (excludes halogenated alkanes) is 4. The summed E-state index contributed by atoms with van der Waals surface area (Å²) in [5.41, 5.74) is 3.02. The molecule has 0 heterocycles. The Morgan fingerprint density at radius 3 is 2.60 bits per heavy atom. The number of thioether (sulfide) groups is 1. The Labute approximate surface area is 126 Å². The van der Waals surface area contributed by atoms with Crippen LogP contribution in [0, 0.1) is 4.91 Å². The van der Waals surface area contributed by atoms with Crippen molar-refractivity contribution in [1.29, 1.82) is 0 Å². The fourth-order valence-corrected chi connectivity index (χ4v) is 3.43. The Morgan fingerprint density at radius 1 is 1.15 bits per heavy atom. The van der Waals surface area contributed by atoms with Crippen molar-refractivity contribution in [2.24, 2.45) is 5.18 Å². The molecular weight excluding hydrogens is 270 g/mol. The maximum atomic E-state index is 10.7. The monoisotopic (exact) mass is 295 g/mol. The summed E-state index contributed by atoms with van der Waals surface area (Å²) < 4.78 is 0. The predicted molar refractivity (Wildman–Crippen MR) is 86.7 cm³/mol. The third kappa shape index (κ3) is 7.04. The summed E-state index contributed by atoms with van der Waals surface area (Å²) in [5, 5.41) is 2.40. The van der Waals surface area contributed by atoms with E-state index in [-0.39, 0.29) is 0 Å². The van der Waals surface area contributed by atoms with Crippen molar-refractivity contribution < 1.29 is 4.79 Å². The number of amides is 1. The van der Waals surface area contributed by atoms with Crippen LogP contribution in [0.5, 0.6) is 0 Å². The van der Waals surface area contributed by atoms with Crippen molar-refractivity contribution in [1.82, 2.24) is 0 Å². The van der Waals surface area contributed by atoms with Gasteiger partial charge >= 0.3 is 0 Å². The largest absolute Gasteiger partial charge is 0.286 e. The molecule has 0 atom stereocenters. The Balaban J connectivity index is 2.02. The number of hydrogen-bond donors (Lipinski definition) is 0. The highest BCUT2D eigenvalue weighted by Gasteiger charge is 2.07. The highest BCUT2D eigenvalue weighted by molar-refractivity contribution is 8.03. The lowest BCUT2D eigenvalue weighted by Crippen LogP contribution is -1.94. The molecule has 0 saturated heterocycles. The van der Waals surface area contributed by atoms with Gasteiger partial charge in [0.2, 0.25) is 0 Å². The molecule has 1 aliphatic carbocycles. The van der Waals surface area contributed by atoms with Crippen molar-refractivity contribution in [2.45, 2.75) is 65.2 Å². The van der Waals surface area contributed by atoms with Gasteiger partial charge < -0.3 is 0 Å². The van der Waals surface area contributed by atoms with Crippen molar-refractivity contribution in [3.05, 3.63) is 27.0 Å².